The third-order valence-electron chi connectivity index (χ3n) is 3.44. The van der Waals surface area contributed by atoms with Crippen LogP contribution in [0.3, 0.4) is 0 Å². The third-order valence-corrected chi connectivity index (χ3v) is 5.33. The van der Waals surface area contributed by atoms with E-state index in [0.29, 0.717) is 0 Å². The van der Waals surface area contributed by atoms with Crippen molar-refractivity contribution in [3.8, 4) is 0 Å². The normalized spacial score (nSPS) is 11.4. The number of rotatable bonds is 16. The fourth-order valence-electron chi connectivity index (χ4n) is 2.06. The van der Waals surface area contributed by atoms with Gasteiger partial charge in [0.2, 0.25) is 0 Å². The summed E-state index contributed by atoms with van der Waals surface area (Å²) in [5, 5.41) is 16.3. The van der Waals surface area contributed by atoms with Crippen molar-refractivity contribution in [1.29, 1.82) is 0 Å². The van der Waals surface area contributed by atoms with Gasteiger partial charge in [-0.1, -0.05) is 64.7 Å². The first-order valence-corrected chi connectivity index (χ1v) is 12.4. The van der Waals surface area contributed by atoms with Crippen LogP contribution in [0.1, 0.15) is 71.1 Å². The second-order valence-electron chi connectivity index (χ2n) is 5.97. The van der Waals surface area contributed by atoms with Crippen LogP contribution in [-0.2, 0) is 24.4 Å². The summed E-state index contributed by atoms with van der Waals surface area (Å²) in [4.78, 5) is 0. The van der Waals surface area contributed by atoms with Gasteiger partial charge >= 0.3 is 29.6 Å². The zero-order valence-corrected chi connectivity index (χ0v) is 20.4. The molecule has 11 heteroatoms. The molecule has 0 unspecified atom stereocenters. The van der Waals surface area contributed by atoms with Crippen molar-refractivity contribution in [2.45, 2.75) is 71.1 Å². The first kappa shape index (κ1) is 32.4. The molecule has 0 aliphatic rings. The molecule has 0 fully saturated rings. The van der Waals surface area contributed by atoms with Crippen molar-refractivity contribution >= 4 is 20.2 Å². The Labute approximate surface area is 187 Å². The van der Waals surface area contributed by atoms with Crippen molar-refractivity contribution < 1.29 is 65.3 Å². The van der Waals surface area contributed by atoms with Crippen LogP contribution in [0.25, 0.3) is 0 Å². The van der Waals surface area contributed by atoms with E-state index in [0.717, 1.165) is 19.3 Å². The van der Waals surface area contributed by atoms with E-state index in [-0.39, 0.29) is 48.5 Å². The van der Waals surface area contributed by atoms with Crippen molar-refractivity contribution in [3.05, 3.63) is 0 Å². The minimum Gasteiger partial charge on any atom is -0.748 e. The fourth-order valence-corrected chi connectivity index (χ4v) is 2.99. The molecule has 2 N–H and O–H groups in total. The van der Waals surface area contributed by atoms with Crippen molar-refractivity contribution in [1.82, 2.24) is 0 Å². The maximum Gasteiger partial charge on any atom is 1.00 e. The second kappa shape index (κ2) is 21.4. The molecule has 0 bridgehead atoms. The molecule has 0 aromatic carbocycles. The monoisotopic (exact) mass is 442 g/mol. The number of aliphatic hydroxyl groups excluding tert-OH is 2. The zero-order chi connectivity index (χ0) is 20.3. The van der Waals surface area contributed by atoms with E-state index >= 15 is 0 Å². The van der Waals surface area contributed by atoms with Crippen LogP contribution in [0.15, 0.2) is 0 Å². The molecule has 0 aromatic rings. The predicted octanol–water partition coefficient (Wildman–Crippen LogP) is -1.23. The van der Waals surface area contributed by atoms with Gasteiger partial charge in [-0.05, 0) is 6.42 Å². The Bertz CT molecular complexity index is 495. The van der Waals surface area contributed by atoms with Crippen LogP contribution in [0, 0.1) is 0 Å². The van der Waals surface area contributed by atoms with Crippen LogP contribution in [0.4, 0.5) is 0 Å². The standard InChI is InChI=1S/C14H30O4S.C2H6O4S.Na/c1-2-3-4-5-6-7-8-9-10-11-13-18-19(16,17)14-12-15;3-1-2-7(4,5)6;/h15H,2-14H2,1H3;3H,1-2H2,(H,4,5,6);/q;;+1/p-1. The Morgan fingerprint density at radius 3 is 1.48 bits per heavy atom. The van der Waals surface area contributed by atoms with Gasteiger partial charge in [0.05, 0.1) is 41.4 Å². The molecular weight excluding hydrogens is 407 g/mol. The average molecular weight is 443 g/mol. The molecule has 160 valence electrons. The summed E-state index contributed by atoms with van der Waals surface area (Å²) < 4.78 is 55.5. The first-order valence-electron chi connectivity index (χ1n) is 9.21. The van der Waals surface area contributed by atoms with E-state index in [4.69, 9.17) is 14.4 Å². The van der Waals surface area contributed by atoms with Crippen molar-refractivity contribution in [2.75, 3.05) is 31.3 Å². The Balaban J connectivity index is -0.000000612. The first-order chi connectivity index (χ1) is 12.2. The molecular formula is C16H35NaO8S2. The molecule has 0 aromatic heterocycles. The van der Waals surface area contributed by atoms with Gasteiger partial charge in [0.15, 0.2) is 0 Å². The van der Waals surface area contributed by atoms with Crippen LogP contribution in [0.5, 0.6) is 0 Å². The summed E-state index contributed by atoms with van der Waals surface area (Å²) in [5.41, 5.74) is 0. The number of hydrogen-bond acceptors (Lipinski definition) is 8. The maximum atomic E-state index is 11.1. The van der Waals surface area contributed by atoms with E-state index < -0.39 is 32.6 Å². The summed E-state index contributed by atoms with van der Waals surface area (Å²) in [7, 11) is -7.67. The van der Waals surface area contributed by atoms with Crippen LogP contribution in [0.2, 0.25) is 0 Å². The number of hydrogen-bond donors (Lipinski definition) is 2. The quantitative estimate of drug-likeness (QED) is 0.131. The van der Waals surface area contributed by atoms with Crippen LogP contribution >= 0.6 is 0 Å². The summed E-state index contributed by atoms with van der Waals surface area (Å²) in [6.07, 6.45) is 12.1. The zero-order valence-electron chi connectivity index (χ0n) is 16.8. The second-order valence-corrected chi connectivity index (χ2v) is 9.26. The number of aliphatic hydroxyl groups is 2. The van der Waals surface area contributed by atoms with Gasteiger partial charge in [0.1, 0.15) is 0 Å². The maximum absolute atomic E-state index is 11.1. The summed E-state index contributed by atoms with van der Waals surface area (Å²) in [6, 6.07) is 0. The third kappa shape index (κ3) is 31.7. The summed E-state index contributed by atoms with van der Waals surface area (Å²) >= 11 is 0. The van der Waals surface area contributed by atoms with E-state index in [1.807, 2.05) is 0 Å². The Morgan fingerprint density at radius 1 is 0.741 bits per heavy atom. The Morgan fingerprint density at radius 2 is 1.15 bits per heavy atom. The van der Waals surface area contributed by atoms with E-state index in [2.05, 4.69) is 6.92 Å². The molecule has 0 rings (SSSR count). The van der Waals surface area contributed by atoms with E-state index in [9.17, 15) is 21.4 Å². The SMILES string of the molecule is CCCCCCCCCCCCOS(=O)(=O)CCO.O=S(=O)([O-])CCO.[Na+]. The van der Waals surface area contributed by atoms with Crippen LogP contribution < -0.4 is 29.6 Å². The molecule has 0 saturated heterocycles. The van der Waals surface area contributed by atoms with Crippen LogP contribution in [-0.4, -0.2) is 62.9 Å². The largest absolute Gasteiger partial charge is 1.00 e. The Hall–Kier alpha value is 0.740. The average Bonchev–Trinajstić information content (AvgIpc) is 2.52. The molecule has 0 radical (unpaired) electrons. The molecule has 0 spiro atoms. The predicted molar refractivity (Wildman–Crippen MR) is 100 cm³/mol. The topological polar surface area (TPSA) is 141 Å². The number of unbranched alkanes of at least 4 members (excludes halogenated alkanes) is 9. The molecule has 0 aliphatic carbocycles. The smallest absolute Gasteiger partial charge is 0.748 e. The molecule has 0 aliphatic heterocycles. The molecule has 27 heavy (non-hydrogen) atoms. The molecule has 8 nitrogen and oxygen atoms in total. The van der Waals surface area contributed by atoms with Gasteiger partial charge in [-0.3, -0.25) is 4.18 Å². The van der Waals surface area contributed by atoms with Gasteiger partial charge in [-0.25, -0.2) is 8.42 Å². The fraction of sp³-hybridized carbons (Fsp3) is 1.00. The van der Waals surface area contributed by atoms with Gasteiger partial charge in [0, 0.05) is 0 Å². The minimum absolute atomic E-state index is 0. The minimum atomic E-state index is -4.17. The summed E-state index contributed by atoms with van der Waals surface area (Å²) in [5.74, 6) is -0.988. The summed E-state index contributed by atoms with van der Waals surface area (Å²) in [6.45, 7) is 1.51. The molecule has 0 heterocycles. The molecule has 0 amide bonds. The van der Waals surface area contributed by atoms with Gasteiger partial charge < -0.3 is 14.8 Å². The van der Waals surface area contributed by atoms with E-state index in [1.165, 1.54) is 44.9 Å². The van der Waals surface area contributed by atoms with Gasteiger partial charge in [0.25, 0.3) is 10.1 Å². The van der Waals surface area contributed by atoms with Gasteiger partial charge in [-0.15, -0.1) is 0 Å². The van der Waals surface area contributed by atoms with E-state index in [1.54, 1.807) is 0 Å². The van der Waals surface area contributed by atoms with Gasteiger partial charge in [-0.2, -0.15) is 8.42 Å². The van der Waals surface area contributed by atoms with Crippen molar-refractivity contribution in [3.63, 3.8) is 0 Å². The molecule has 0 atom stereocenters. The Kier molecular flexibility index (Phi) is 25.7. The van der Waals surface area contributed by atoms with Crippen molar-refractivity contribution in [2.24, 2.45) is 0 Å². The molecule has 0 saturated carbocycles.